The molecule has 1 aliphatic carbocycles. The highest BCUT2D eigenvalue weighted by atomic mass is 35.5. The molecule has 1 saturated carbocycles. The molecule has 150 valence electrons. The Labute approximate surface area is 165 Å². The second-order valence-corrected chi connectivity index (χ2v) is 8.93. The average Bonchev–Trinajstić information content (AvgIpc) is 2.58. The van der Waals surface area contributed by atoms with Crippen LogP contribution in [0.25, 0.3) is 0 Å². The molecule has 0 spiro atoms. The third-order valence-electron chi connectivity index (χ3n) is 5.10. The number of sulfonamides is 1. The van der Waals surface area contributed by atoms with E-state index in [2.05, 4.69) is 5.32 Å². The number of nitrogens with two attached hydrogens (primary N) is 1. The van der Waals surface area contributed by atoms with Crippen LogP contribution in [0.4, 0.5) is 0 Å². The molecule has 0 saturated heterocycles. The maximum atomic E-state index is 12.7. The number of ketones is 1. The van der Waals surface area contributed by atoms with Gasteiger partial charge in [-0.3, -0.25) is 9.59 Å². The van der Waals surface area contributed by atoms with E-state index < -0.39 is 15.8 Å². The number of hydrogen-bond acceptors (Lipinski definition) is 4. The Balaban J connectivity index is 2.49. The smallest absolute Gasteiger partial charge is 0.239 e. The first-order chi connectivity index (χ1) is 12.8. The molecule has 0 bridgehead atoms. The standard InChI is InChI=1S/C19H27ClN2O4S/c1-22-17(24)12-11-16(23)14-9-10-15(20)18(19(14)27(21,25)26)13-7-5-3-2-4-6-8-13/h9-10,13H,2-8,11-12H2,1H3,(H,22,24)(H2,21,25,26). The summed E-state index contributed by atoms with van der Waals surface area (Å²) >= 11 is 6.39. The van der Waals surface area contributed by atoms with Crippen molar-refractivity contribution < 1.29 is 18.0 Å². The Morgan fingerprint density at radius 2 is 1.70 bits per heavy atom. The third kappa shape index (κ3) is 5.77. The van der Waals surface area contributed by atoms with Gasteiger partial charge in [0.15, 0.2) is 5.78 Å². The number of rotatable bonds is 6. The highest BCUT2D eigenvalue weighted by Crippen LogP contribution is 2.40. The van der Waals surface area contributed by atoms with Gasteiger partial charge >= 0.3 is 0 Å². The van der Waals surface area contributed by atoms with Gasteiger partial charge in [0.2, 0.25) is 15.9 Å². The van der Waals surface area contributed by atoms with Gasteiger partial charge in [0.1, 0.15) is 0 Å². The lowest BCUT2D eigenvalue weighted by Crippen LogP contribution is -2.22. The highest BCUT2D eigenvalue weighted by Gasteiger charge is 2.29. The number of amides is 1. The minimum Gasteiger partial charge on any atom is -0.359 e. The monoisotopic (exact) mass is 414 g/mol. The molecule has 0 unspecified atom stereocenters. The van der Waals surface area contributed by atoms with Crippen molar-refractivity contribution in [3.63, 3.8) is 0 Å². The Morgan fingerprint density at radius 3 is 2.26 bits per heavy atom. The third-order valence-corrected chi connectivity index (χ3v) is 6.44. The molecule has 0 aliphatic heterocycles. The lowest BCUT2D eigenvalue weighted by atomic mass is 9.85. The van der Waals surface area contributed by atoms with E-state index in [4.69, 9.17) is 16.7 Å². The molecule has 1 fully saturated rings. The maximum Gasteiger partial charge on any atom is 0.239 e. The fourth-order valence-corrected chi connectivity index (χ4v) is 5.15. The predicted molar refractivity (Wildman–Crippen MR) is 106 cm³/mol. The topological polar surface area (TPSA) is 106 Å². The van der Waals surface area contributed by atoms with Crippen molar-refractivity contribution in [3.05, 3.63) is 28.3 Å². The largest absolute Gasteiger partial charge is 0.359 e. The summed E-state index contributed by atoms with van der Waals surface area (Å²) in [6, 6.07) is 2.97. The van der Waals surface area contributed by atoms with E-state index in [-0.39, 0.29) is 35.1 Å². The molecular weight excluding hydrogens is 388 g/mol. The molecule has 1 aromatic carbocycles. The van der Waals surface area contributed by atoms with Crippen molar-refractivity contribution in [3.8, 4) is 0 Å². The van der Waals surface area contributed by atoms with Crippen LogP contribution in [0.5, 0.6) is 0 Å². The Hall–Kier alpha value is -1.44. The zero-order valence-corrected chi connectivity index (χ0v) is 17.2. The molecule has 2 rings (SSSR count). The van der Waals surface area contributed by atoms with Gasteiger partial charge in [0.05, 0.1) is 4.90 Å². The summed E-state index contributed by atoms with van der Waals surface area (Å²) in [6.45, 7) is 0. The Kier molecular flexibility index (Phi) is 7.82. The zero-order chi connectivity index (χ0) is 20.0. The number of Topliss-reactive ketones (excluding diaryl/α,β-unsaturated/α-hetero) is 1. The van der Waals surface area contributed by atoms with Crippen molar-refractivity contribution in [2.24, 2.45) is 5.14 Å². The van der Waals surface area contributed by atoms with E-state index in [1.165, 1.54) is 19.5 Å². The highest BCUT2D eigenvalue weighted by molar-refractivity contribution is 7.89. The normalized spacial score (nSPS) is 16.4. The Bertz CT molecular complexity index is 800. The van der Waals surface area contributed by atoms with Crippen LogP contribution in [-0.2, 0) is 14.8 Å². The fourth-order valence-electron chi connectivity index (χ4n) is 3.71. The van der Waals surface area contributed by atoms with Crippen LogP contribution in [0.2, 0.25) is 5.02 Å². The van der Waals surface area contributed by atoms with Gasteiger partial charge < -0.3 is 5.32 Å². The van der Waals surface area contributed by atoms with Crippen molar-refractivity contribution in [2.75, 3.05) is 7.05 Å². The summed E-state index contributed by atoms with van der Waals surface area (Å²) < 4.78 is 24.8. The number of hydrogen-bond donors (Lipinski definition) is 2. The van der Waals surface area contributed by atoms with Crippen LogP contribution >= 0.6 is 11.6 Å². The first-order valence-corrected chi connectivity index (χ1v) is 11.3. The number of benzene rings is 1. The van der Waals surface area contributed by atoms with Crippen LogP contribution in [-0.4, -0.2) is 27.2 Å². The zero-order valence-electron chi connectivity index (χ0n) is 15.6. The van der Waals surface area contributed by atoms with E-state index >= 15 is 0 Å². The minimum absolute atomic E-state index is 0.0131. The van der Waals surface area contributed by atoms with Crippen molar-refractivity contribution in [1.82, 2.24) is 5.32 Å². The summed E-state index contributed by atoms with van der Waals surface area (Å²) in [4.78, 5) is 23.9. The molecule has 6 nitrogen and oxygen atoms in total. The van der Waals surface area contributed by atoms with E-state index in [0.29, 0.717) is 10.6 Å². The SMILES string of the molecule is CNC(=O)CCC(=O)c1ccc(Cl)c(C2CCCCCCC2)c1S(N)(=O)=O. The van der Waals surface area contributed by atoms with Crippen LogP contribution in [0.3, 0.4) is 0 Å². The van der Waals surface area contributed by atoms with Crippen molar-refractivity contribution in [2.45, 2.75) is 68.6 Å². The van der Waals surface area contributed by atoms with Gasteiger partial charge in [-0.2, -0.15) is 0 Å². The second-order valence-electron chi connectivity index (χ2n) is 7.02. The number of carbonyl (C=O) groups is 2. The molecule has 0 radical (unpaired) electrons. The Morgan fingerprint density at radius 1 is 1.11 bits per heavy atom. The predicted octanol–water partition coefficient (Wildman–Crippen LogP) is 3.52. The number of carbonyl (C=O) groups excluding carboxylic acids is 2. The first-order valence-electron chi connectivity index (χ1n) is 9.34. The molecule has 1 aromatic rings. The fraction of sp³-hybridized carbons (Fsp3) is 0.579. The summed E-state index contributed by atoms with van der Waals surface area (Å²) in [5.41, 5.74) is 0.495. The van der Waals surface area contributed by atoms with Crippen LogP contribution < -0.4 is 10.5 Å². The van der Waals surface area contributed by atoms with Gasteiger partial charge in [-0.1, -0.05) is 43.7 Å². The van der Waals surface area contributed by atoms with Crippen molar-refractivity contribution in [1.29, 1.82) is 0 Å². The first kappa shape index (κ1) is 21.9. The maximum absolute atomic E-state index is 12.7. The van der Waals surface area contributed by atoms with Crippen molar-refractivity contribution >= 4 is 33.3 Å². The molecule has 1 aliphatic rings. The van der Waals surface area contributed by atoms with E-state index in [9.17, 15) is 18.0 Å². The van der Waals surface area contributed by atoms with Gasteiger partial charge in [-0.05, 0) is 36.5 Å². The molecule has 0 atom stereocenters. The number of halogens is 1. The summed E-state index contributed by atoms with van der Waals surface area (Å²) in [5.74, 6) is -0.751. The molecular formula is C19H27ClN2O4S. The second kappa shape index (κ2) is 9.66. The molecule has 27 heavy (non-hydrogen) atoms. The van der Waals surface area contributed by atoms with Gasteiger partial charge in [-0.25, -0.2) is 13.6 Å². The summed E-state index contributed by atoms with van der Waals surface area (Å²) in [6.07, 6.45) is 6.89. The van der Waals surface area contributed by atoms with Gasteiger partial charge in [-0.15, -0.1) is 0 Å². The molecule has 3 N–H and O–H groups in total. The van der Waals surface area contributed by atoms with Crippen LogP contribution in [0.15, 0.2) is 17.0 Å². The molecule has 1 amide bonds. The van der Waals surface area contributed by atoms with E-state index in [0.717, 1.165) is 38.5 Å². The number of primary sulfonamides is 1. The lowest BCUT2D eigenvalue weighted by molar-refractivity contribution is -0.120. The minimum atomic E-state index is -4.15. The lowest BCUT2D eigenvalue weighted by Gasteiger charge is -2.24. The van der Waals surface area contributed by atoms with Crippen LogP contribution in [0, 0.1) is 0 Å². The summed E-state index contributed by atoms with van der Waals surface area (Å²) in [7, 11) is -2.67. The summed E-state index contributed by atoms with van der Waals surface area (Å²) in [5, 5.41) is 8.28. The molecule has 8 heteroatoms. The van der Waals surface area contributed by atoms with E-state index in [1.807, 2.05) is 0 Å². The molecule has 0 heterocycles. The van der Waals surface area contributed by atoms with Crippen LogP contribution in [0.1, 0.15) is 79.6 Å². The van der Waals surface area contributed by atoms with Gasteiger partial charge in [0.25, 0.3) is 0 Å². The quantitative estimate of drug-likeness (QED) is 0.694. The number of nitrogens with one attached hydrogen (secondary N) is 1. The average molecular weight is 415 g/mol. The molecule has 0 aromatic heterocycles. The van der Waals surface area contributed by atoms with E-state index in [1.54, 1.807) is 6.07 Å². The van der Waals surface area contributed by atoms with Gasteiger partial charge in [0, 0.05) is 30.5 Å².